The Morgan fingerprint density at radius 1 is 0.930 bits per heavy atom. The van der Waals surface area contributed by atoms with Crippen LogP contribution in [-0.4, -0.2) is 56.8 Å². The lowest BCUT2D eigenvalue weighted by atomic mass is 9.94. The third-order valence-corrected chi connectivity index (χ3v) is 9.48. The molecule has 3 aromatic rings. The first-order chi connectivity index (χ1) is 20.7. The number of ether oxygens (including phenoxy) is 2. The molecule has 2 amide bonds. The molecule has 11 heteroatoms. The second-order valence-electron chi connectivity index (χ2n) is 11.0. The van der Waals surface area contributed by atoms with E-state index in [9.17, 15) is 18.0 Å². The summed E-state index contributed by atoms with van der Waals surface area (Å²) in [6.07, 6.45) is 6.39. The summed E-state index contributed by atoms with van der Waals surface area (Å²) < 4.78 is 38.8. The molecule has 0 aromatic heterocycles. The number of benzene rings is 3. The van der Waals surface area contributed by atoms with E-state index in [0.29, 0.717) is 11.5 Å². The SMILES string of the molecule is CS(=O)(=O)N(CC(=O)N(Cc1ccc(Br)cc1)[C@@H](Cc1ccccc1)C(=O)NC1CCCCC1)c1ccc2c(c1)OCO2. The van der Waals surface area contributed by atoms with Crippen molar-refractivity contribution in [2.24, 2.45) is 0 Å². The molecule has 1 aliphatic carbocycles. The summed E-state index contributed by atoms with van der Waals surface area (Å²) in [6, 6.07) is 21.0. The number of carbonyl (C=O) groups excluding carboxylic acids is 2. The molecule has 9 nitrogen and oxygen atoms in total. The van der Waals surface area contributed by atoms with Crippen molar-refractivity contribution in [3.05, 3.63) is 88.4 Å². The lowest BCUT2D eigenvalue weighted by molar-refractivity contribution is -0.140. The summed E-state index contributed by atoms with van der Waals surface area (Å²) in [7, 11) is -3.89. The van der Waals surface area contributed by atoms with Crippen molar-refractivity contribution < 1.29 is 27.5 Å². The minimum absolute atomic E-state index is 0.0365. The van der Waals surface area contributed by atoms with Crippen LogP contribution in [0.2, 0.25) is 0 Å². The maximum atomic E-state index is 14.3. The van der Waals surface area contributed by atoms with Crippen LogP contribution in [0, 0.1) is 0 Å². The van der Waals surface area contributed by atoms with Crippen LogP contribution < -0.4 is 19.1 Å². The van der Waals surface area contributed by atoms with Gasteiger partial charge in [-0.25, -0.2) is 8.42 Å². The molecule has 0 bridgehead atoms. The van der Waals surface area contributed by atoms with Gasteiger partial charge in [-0.05, 0) is 48.2 Å². The molecule has 43 heavy (non-hydrogen) atoms. The normalized spacial score (nSPS) is 15.5. The van der Waals surface area contributed by atoms with E-state index in [0.717, 1.165) is 58.3 Å². The zero-order valence-corrected chi connectivity index (χ0v) is 26.5. The quantitative estimate of drug-likeness (QED) is 0.307. The highest BCUT2D eigenvalue weighted by molar-refractivity contribution is 9.10. The van der Waals surface area contributed by atoms with Gasteiger partial charge in [-0.2, -0.15) is 0 Å². The Kier molecular flexibility index (Phi) is 9.92. The fraction of sp³-hybridized carbons (Fsp3) is 0.375. The predicted octanol–water partition coefficient (Wildman–Crippen LogP) is 5.03. The van der Waals surface area contributed by atoms with Gasteiger partial charge in [0.2, 0.25) is 28.6 Å². The molecular formula is C32H36BrN3O6S. The molecule has 1 aliphatic heterocycles. The number of halogens is 1. The summed E-state index contributed by atoms with van der Waals surface area (Å²) in [5, 5.41) is 3.21. The molecule has 3 aromatic carbocycles. The average Bonchev–Trinajstić information content (AvgIpc) is 3.47. The Hall–Kier alpha value is -3.57. The second kappa shape index (κ2) is 13.8. The standard InChI is InChI=1S/C32H36BrN3O6S/c1-43(39,40)36(27-16-17-29-30(19-27)42-22-41-29)21-31(37)35(20-24-12-14-25(33)15-13-24)28(18-23-8-4-2-5-9-23)32(38)34-26-10-6-3-7-11-26/h2,4-5,8-9,12-17,19,26,28H,3,6-7,10-11,18,20-22H2,1H3,(H,34,38)/t28-/m0/s1. The highest BCUT2D eigenvalue weighted by Gasteiger charge is 2.34. The fourth-order valence-electron chi connectivity index (χ4n) is 5.54. The van der Waals surface area contributed by atoms with Crippen LogP contribution in [0.4, 0.5) is 5.69 Å². The summed E-state index contributed by atoms with van der Waals surface area (Å²) >= 11 is 3.46. The number of hydrogen-bond donors (Lipinski definition) is 1. The van der Waals surface area contributed by atoms with Crippen molar-refractivity contribution in [2.75, 3.05) is 23.9 Å². The molecule has 1 fully saturated rings. The Morgan fingerprint density at radius 3 is 2.33 bits per heavy atom. The molecular weight excluding hydrogens is 634 g/mol. The van der Waals surface area contributed by atoms with E-state index in [2.05, 4.69) is 21.2 Å². The van der Waals surface area contributed by atoms with Gasteiger partial charge in [0.25, 0.3) is 0 Å². The molecule has 0 saturated heterocycles. The van der Waals surface area contributed by atoms with Crippen LogP contribution in [0.15, 0.2) is 77.3 Å². The van der Waals surface area contributed by atoms with Gasteiger partial charge in [0.05, 0.1) is 11.9 Å². The molecule has 5 rings (SSSR count). The van der Waals surface area contributed by atoms with Gasteiger partial charge in [-0.15, -0.1) is 0 Å². The molecule has 1 saturated carbocycles. The Labute approximate surface area is 261 Å². The van der Waals surface area contributed by atoms with Crippen LogP contribution in [0.5, 0.6) is 11.5 Å². The maximum Gasteiger partial charge on any atom is 0.244 e. The van der Waals surface area contributed by atoms with Crippen molar-refractivity contribution in [2.45, 2.75) is 57.2 Å². The van der Waals surface area contributed by atoms with Crippen LogP contribution in [-0.2, 0) is 32.6 Å². The number of amides is 2. The predicted molar refractivity (Wildman–Crippen MR) is 168 cm³/mol. The van der Waals surface area contributed by atoms with Crippen molar-refractivity contribution in [3.8, 4) is 11.5 Å². The van der Waals surface area contributed by atoms with Gasteiger partial charge in [-0.1, -0.05) is 77.7 Å². The van der Waals surface area contributed by atoms with Crippen LogP contribution in [0.3, 0.4) is 0 Å². The van der Waals surface area contributed by atoms with E-state index >= 15 is 0 Å². The second-order valence-corrected chi connectivity index (χ2v) is 13.8. The lowest BCUT2D eigenvalue weighted by Crippen LogP contribution is -2.55. The van der Waals surface area contributed by atoms with E-state index < -0.39 is 28.5 Å². The molecule has 1 N–H and O–H groups in total. The number of nitrogens with zero attached hydrogens (tertiary/aromatic N) is 2. The first-order valence-corrected chi connectivity index (χ1v) is 17.1. The van der Waals surface area contributed by atoms with Gasteiger partial charge < -0.3 is 19.7 Å². The van der Waals surface area contributed by atoms with E-state index in [1.165, 1.54) is 4.90 Å². The molecule has 228 valence electrons. The maximum absolute atomic E-state index is 14.3. The first kappa shape index (κ1) is 30.9. The molecule has 2 aliphatic rings. The number of fused-ring (bicyclic) bond motifs is 1. The van der Waals surface area contributed by atoms with Gasteiger partial charge in [0.1, 0.15) is 12.6 Å². The number of anilines is 1. The topological polar surface area (TPSA) is 105 Å². The van der Waals surface area contributed by atoms with Crippen LogP contribution in [0.25, 0.3) is 0 Å². The van der Waals surface area contributed by atoms with E-state index in [-0.39, 0.29) is 37.4 Å². The van der Waals surface area contributed by atoms with Crippen molar-refractivity contribution in [1.82, 2.24) is 10.2 Å². The summed E-state index contributed by atoms with van der Waals surface area (Å²) in [5.41, 5.74) is 1.99. The van der Waals surface area contributed by atoms with E-state index in [1.54, 1.807) is 18.2 Å². The first-order valence-electron chi connectivity index (χ1n) is 14.4. The minimum Gasteiger partial charge on any atom is -0.454 e. The van der Waals surface area contributed by atoms with Gasteiger partial charge in [0.15, 0.2) is 11.5 Å². The number of rotatable bonds is 11. The fourth-order valence-corrected chi connectivity index (χ4v) is 6.64. The molecule has 0 spiro atoms. The highest BCUT2D eigenvalue weighted by atomic mass is 79.9. The highest BCUT2D eigenvalue weighted by Crippen LogP contribution is 2.36. The smallest absolute Gasteiger partial charge is 0.244 e. The monoisotopic (exact) mass is 669 g/mol. The van der Waals surface area contributed by atoms with Gasteiger partial charge in [-0.3, -0.25) is 13.9 Å². The largest absolute Gasteiger partial charge is 0.454 e. The summed E-state index contributed by atoms with van der Waals surface area (Å²) in [5.74, 6) is 0.169. The van der Waals surface area contributed by atoms with Crippen molar-refractivity contribution in [1.29, 1.82) is 0 Å². The third kappa shape index (κ3) is 8.08. The Balaban J connectivity index is 1.49. The third-order valence-electron chi connectivity index (χ3n) is 7.81. The van der Waals surface area contributed by atoms with Crippen LogP contribution >= 0.6 is 15.9 Å². The molecule has 1 atom stereocenters. The lowest BCUT2D eigenvalue weighted by Gasteiger charge is -2.35. The molecule has 0 unspecified atom stereocenters. The van der Waals surface area contributed by atoms with Crippen molar-refractivity contribution >= 4 is 43.5 Å². The number of sulfonamides is 1. The number of hydrogen-bond acceptors (Lipinski definition) is 6. The van der Waals surface area contributed by atoms with Crippen molar-refractivity contribution in [3.63, 3.8) is 0 Å². The van der Waals surface area contributed by atoms with Crippen LogP contribution in [0.1, 0.15) is 43.2 Å². The minimum atomic E-state index is -3.89. The summed E-state index contributed by atoms with van der Waals surface area (Å²) in [4.78, 5) is 29.8. The molecule has 0 radical (unpaired) electrons. The number of carbonyl (C=O) groups is 2. The van der Waals surface area contributed by atoms with E-state index in [1.807, 2.05) is 54.6 Å². The Morgan fingerprint density at radius 2 is 1.63 bits per heavy atom. The Bertz CT molecular complexity index is 1530. The van der Waals surface area contributed by atoms with E-state index in [4.69, 9.17) is 9.47 Å². The zero-order chi connectivity index (χ0) is 30.4. The number of nitrogens with one attached hydrogen (secondary N) is 1. The average molecular weight is 671 g/mol. The molecule has 1 heterocycles. The zero-order valence-electron chi connectivity index (χ0n) is 24.1. The summed E-state index contributed by atoms with van der Waals surface area (Å²) in [6.45, 7) is -0.327. The van der Waals surface area contributed by atoms with Gasteiger partial charge >= 0.3 is 0 Å². The van der Waals surface area contributed by atoms with Gasteiger partial charge in [0, 0.05) is 29.5 Å².